The van der Waals surface area contributed by atoms with Gasteiger partial charge in [-0.15, -0.1) is 5.10 Å². The number of hydrogen-bond donors (Lipinski definition) is 1. The van der Waals surface area contributed by atoms with Gasteiger partial charge in [-0.3, -0.25) is 4.40 Å². The lowest BCUT2D eigenvalue weighted by Gasteiger charge is -2.20. The van der Waals surface area contributed by atoms with Crippen LogP contribution in [0.15, 0.2) is 41.6 Å². The first-order chi connectivity index (χ1) is 12.3. The number of nitrogens with zero attached hydrogens (tertiary/aromatic N) is 3. The molecule has 3 heterocycles. The summed E-state index contributed by atoms with van der Waals surface area (Å²) in [4.78, 5) is 4.54. The Kier molecular flexibility index (Phi) is 3.50. The molecule has 25 heavy (non-hydrogen) atoms. The molecule has 1 N–H and O–H groups in total. The Morgan fingerprint density at radius 3 is 3.04 bits per heavy atom. The predicted molar refractivity (Wildman–Crippen MR) is 96.8 cm³/mol. The predicted octanol–water partition coefficient (Wildman–Crippen LogP) is 3.93. The number of fused-ring (bicyclic) bond motifs is 4. The number of imidazole rings is 1. The van der Waals surface area contributed by atoms with E-state index in [4.69, 9.17) is 21.1 Å². The molecule has 5 rings (SSSR count). The van der Waals surface area contributed by atoms with E-state index < -0.39 is 0 Å². The number of thioether (sulfide) groups is 1. The van der Waals surface area contributed by atoms with Crippen LogP contribution in [-0.2, 0) is 5.75 Å². The van der Waals surface area contributed by atoms with E-state index in [1.54, 1.807) is 11.8 Å². The summed E-state index contributed by atoms with van der Waals surface area (Å²) in [7, 11) is 0. The molecule has 0 spiro atoms. The molecular weight excluding hydrogens is 360 g/mol. The fourth-order valence-electron chi connectivity index (χ4n) is 2.93. The number of benzene rings is 2. The topological polar surface area (TPSA) is 64.4 Å². The summed E-state index contributed by atoms with van der Waals surface area (Å²) in [5, 5.41) is 8.80. The van der Waals surface area contributed by atoms with E-state index in [1.165, 1.54) is 0 Å². The zero-order valence-electron chi connectivity index (χ0n) is 13.0. The number of halogens is 1. The third-order valence-corrected chi connectivity index (χ3v) is 5.32. The van der Waals surface area contributed by atoms with Gasteiger partial charge in [0.15, 0.2) is 16.7 Å². The molecule has 1 aliphatic rings. The van der Waals surface area contributed by atoms with Crippen molar-refractivity contribution < 1.29 is 9.47 Å². The second-order valence-corrected chi connectivity index (χ2v) is 7.01. The first-order valence-corrected chi connectivity index (χ1v) is 9.18. The van der Waals surface area contributed by atoms with Crippen LogP contribution < -0.4 is 9.47 Å². The van der Waals surface area contributed by atoms with Crippen LogP contribution in [0.4, 0.5) is 0 Å². The van der Waals surface area contributed by atoms with Gasteiger partial charge in [0.05, 0.1) is 16.1 Å². The minimum absolute atomic E-state index is 0.528. The van der Waals surface area contributed by atoms with E-state index in [9.17, 15) is 0 Å². The van der Waals surface area contributed by atoms with Crippen LogP contribution >= 0.6 is 23.4 Å². The number of H-pyrrole nitrogens is 1. The van der Waals surface area contributed by atoms with Gasteiger partial charge in [-0.25, -0.2) is 10.1 Å². The van der Waals surface area contributed by atoms with Crippen LogP contribution in [0.3, 0.4) is 0 Å². The van der Waals surface area contributed by atoms with E-state index in [-0.39, 0.29) is 0 Å². The van der Waals surface area contributed by atoms with Crippen molar-refractivity contribution in [3.05, 3.63) is 47.0 Å². The van der Waals surface area contributed by atoms with Gasteiger partial charge < -0.3 is 9.47 Å². The number of aromatic nitrogens is 4. The number of rotatable bonds is 3. The van der Waals surface area contributed by atoms with Crippen molar-refractivity contribution in [2.45, 2.75) is 10.9 Å². The molecule has 0 bridgehead atoms. The van der Waals surface area contributed by atoms with Gasteiger partial charge in [0.2, 0.25) is 5.78 Å². The molecule has 0 radical (unpaired) electrons. The SMILES string of the molecule is Clc1cc(CSc2n[nH]c3nc4ccccc4n23)cc2c1OCCO2. The van der Waals surface area contributed by atoms with Crippen LogP contribution in [0.1, 0.15) is 5.56 Å². The Labute approximate surface area is 152 Å². The number of nitrogens with one attached hydrogen (secondary N) is 1. The van der Waals surface area contributed by atoms with Crippen LogP contribution in [0.5, 0.6) is 11.5 Å². The Hall–Kier alpha value is -2.38. The summed E-state index contributed by atoms with van der Waals surface area (Å²) in [5.74, 6) is 2.78. The van der Waals surface area contributed by atoms with Crippen LogP contribution in [0.2, 0.25) is 5.02 Å². The highest BCUT2D eigenvalue weighted by Gasteiger charge is 2.17. The zero-order chi connectivity index (χ0) is 16.8. The summed E-state index contributed by atoms with van der Waals surface area (Å²) >= 11 is 7.93. The van der Waals surface area contributed by atoms with Gasteiger partial charge in [-0.05, 0) is 29.8 Å². The lowest BCUT2D eigenvalue weighted by molar-refractivity contribution is 0.171. The number of para-hydroxylation sites is 2. The van der Waals surface area contributed by atoms with Gasteiger partial charge in [0, 0.05) is 5.75 Å². The molecule has 0 aliphatic carbocycles. The smallest absolute Gasteiger partial charge is 0.231 e. The highest BCUT2D eigenvalue weighted by molar-refractivity contribution is 7.98. The van der Waals surface area contributed by atoms with Crippen LogP contribution in [0, 0.1) is 0 Å². The molecule has 2 aromatic heterocycles. The molecule has 8 heteroatoms. The molecule has 0 unspecified atom stereocenters. The minimum atomic E-state index is 0.528. The maximum atomic E-state index is 6.31. The molecule has 2 aromatic carbocycles. The lowest BCUT2D eigenvalue weighted by atomic mass is 10.2. The third kappa shape index (κ3) is 2.51. The summed E-state index contributed by atoms with van der Waals surface area (Å²) < 4.78 is 13.2. The number of hydrogen-bond acceptors (Lipinski definition) is 5. The fraction of sp³-hybridized carbons (Fsp3) is 0.176. The second kappa shape index (κ2) is 5.86. The molecule has 0 saturated carbocycles. The largest absolute Gasteiger partial charge is 0.486 e. The second-order valence-electron chi connectivity index (χ2n) is 5.66. The zero-order valence-corrected chi connectivity index (χ0v) is 14.6. The van der Waals surface area contributed by atoms with Crippen molar-refractivity contribution in [2.24, 2.45) is 0 Å². The fourth-order valence-corrected chi connectivity index (χ4v) is 4.11. The summed E-state index contributed by atoms with van der Waals surface area (Å²) in [6.45, 7) is 1.07. The number of ether oxygens (including phenoxy) is 2. The van der Waals surface area contributed by atoms with Crippen molar-refractivity contribution in [3.63, 3.8) is 0 Å². The maximum absolute atomic E-state index is 6.31. The molecule has 0 saturated heterocycles. The van der Waals surface area contributed by atoms with E-state index >= 15 is 0 Å². The van der Waals surface area contributed by atoms with E-state index in [2.05, 4.69) is 15.2 Å². The van der Waals surface area contributed by atoms with Gasteiger partial charge in [0.25, 0.3) is 0 Å². The van der Waals surface area contributed by atoms with Crippen molar-refractivity contribution in [2.75, 3.05) is 13.2 Å². The monoisotopic (exact) mass is 372 g/mol. The highest BCUT2D eigenvalue weighted by Crippen LogP contribution is 2.39. The molecular formula is C17H13ClN4O2S. The maximum Gasteiger partial charge on any atom is 0.231 e. The van der Waals surface area contributed by atoms with Crippen LogP contribution in [0.25, 0.3) is 16.8 Å². The van der Waals surface area contributed by atoms with Crippen molar-refractivity contribution >= 4 is 40.2 Å². The van der Waals surface area contributed by atoms with Crippen LogP contribution in [-0.4, -0.2) is 32.8 Å². The average molecular weight is 373 g/mol. The molecule has 0 fully saturated rings. The molecule has 1 aliphatic heterocycles. The first kappa shape index (κ1) is 14.9. The molecule has 0 amide bonds. The Morgan fingerprint density at radius 2 is 2.08 bits per heavy atom. The third-order valence-electron chi connectivity index (χ3n) is 4.03. The molecule has 0 atom stereocenters. The first-order valence-electron chi connectivity index (χ1n) is 7.82. The van der Waals surface area contributed by atoms with Crippen molar-refractivity contribution in [1.82, 2.24) is 19.6 Å². The Bertz CT molecular complexity index is 1090. The van der Waals surface area contributed by atoms with Gasteiger partial charge in [0.1, 0.15) is 13.2 Å². The lowest BCUT2D eigenvalue weighted by Crippen LogP contribution is -2.15. The summed E-state index contributed by atoms with van der Waals surface area (Å²) in [5.41, 5.74) is 3.04. The summed E-state index contributed by atoms with van der Waals surface area (Å²) in [6.07, 6.45) is 0. The average Bonchev–Trinajstić information content (AvgIpc) is 3.19. The van der Waals surface area contributed by atoms with E-state index in [0.717, 1.165) is 27.5 Å². The van der Waals surface area contributed by atoms with Gasteiger partial charge in [-0.2, -0.15) is 0 Å². The number of aromatic amines is 1. The highest BCUT2D eigenvalue weighted by atomic mass is 35.5. The molecule has 126 valence electrons. The van der Waals surface area contributed by atoms with Gasteiger partial charge >= 0.3 is 0 Å². The van der Waals surface area contributed by atoms with Gasteiger partial charge in [-0.1, -0.05) is 35.5 Å². The Balaban J connectivity index is 1.47. The molecule has 6 nitrogen and oxygen atoms in total. The standard InChI is InChI=1S/C17H13ClN4O2S/c18-11-7-10(8-14-15(11)24-6-5-23-14)9-25-17-21-20-16-19-12-3-1-2-4-13(12)22(16)17/h1-4,7-8H,5-6,9H2,(H,19,20). The van der Waals surface area contributed by atoms with Crippen molar-refractivity contribution in [1.29, 1.82) is 0 Å². The summed E-state index contributed by atoms with van der Waals surface area (Å²) in [6, 6.07) is 11.9. The van der Waals surface area contributed by atoms with E-state index in [1.807, 2.05) is 40.8 Å². The van der Waals surface area contributed by atoms with E-state index in [0.29, 0.717) is 35.5 Å². The quantitative estimate of drug-likeness (QED) is 0.552. The Morgan fingerprint density at radius 1 is 1.20 bits per heavy atom. The molecule has 4 aromatic rings. The minimum Gasteiger partial charge on any atom is -0.486 e. The van der Waals surface area contributed by atoms with Crippen molar-refractivity contribution in [3.8, 4) is 11.5 Å². The normalized spacial score (nSPS) is 13.6.